The first-order valence-electron chi connectivity index (χ1n) is 5.10. The number of aromatic nitrogens is 1. The van der Waals surface area contributed by atoms with Crippen LogP contribution in [-0.4, -0.2) is 23.0 Å². The fourth-order valence-corrected chi connectivity index (χ4v) is 4.08. The van der Waals surface area contributed by atoms with Crippen LogP contribution >= 0.6 is 23.1 Å². The predicted molar refractivity (Wildman–Crippen MR) is 64.0 cm³/mol. The molecular formula is C10H16N2S2. The molecule has 0 amide bonds. The van der Waals surface area contributed by atoms with Crippen LogP contribution in [0.3, 0.4) is 0 Å². The summed E-state index contributed by atoms with van der Waals surface area (Å²) in [5, 5.41) is 7.03. The first-order valence-corrected chi connectivity index (χ1v) is 7.13. The molecule has 4 heteroatoms. The Morgan fingerprint density at radius 2 is 2.57 bits per heavy atom. The van der Waals surface area contributed by atoms with Crippen LogP contribution < -0.4 is 5.32 Å². The number of hydrogen-bond donors (Lipinski definition) is 1. The van der Waals surface area contributed by atoms with Gasteiger partial charge in [0.15, 0.2) is 0 Å². The second-order valence-electron chi connectivity index (χ2n) is 3.65. The monoisotopic (exact) mass is 228 g/mol. The molecule has 14 heavy (non-hydrogen) atoms. The van der Waals surface area contributed by atoms with Crippen molar-refractivity contribution in [2.24, 2.45) is 0 Å². The Kier molecular flexibility index (Phi) is 3.47. The minimum absolute atomic E-state index is 0.189. The van der Waals surface area contributed by atoms with E-state index in [4.69, 9.17) is 0 Å². The molecule has 0 aromatic carbocycles. The summed E-state index contributed by atoms with van der Waals surface area (Å²) in [5.74, 6) is 2.44. The van der Waals surface area contributed by atoms with Gasteiger partial charge >= 0.3 is 0 Å². The van der Waals surface area contributed by atoms with E-state index in [0.29, 0.717) is 0 Å². The summed E-state index contributed by atoms with van der Waals surface area (Å²) in [6.07, 6.45) is 4.33. The Bertz CT molecular complexity index is 266. The van der Waals surface area contributed by atoms with E-state index in [9.17, 15) is 0 Å². The van der Waals surface area contributed by atoms with Crippen LogP contribution in [0, 0.1) is 0 Å². The van der Waals surface area contributed by atoms with Gasteiger partial charge in [-0.2, -0.15) is 11.8 Å². The SMILES string of the molecule is CCCNC1(c2nccs2)CCSC1. The quantitative estimate of drug-likeness (QED) is 0.857. The van der Waals surface area contributed by atoms with Crippen molar-refractivity contribution in [2.75, 3.05) is 18.1 Å². The molecule has 0 spiro atoms. The average Bonchev–Trinajstić information content (AvgIpc) is 2.86. The van der Waals surface area contributed by atoms with Crippen molar-refractivity contribution in [3.63, 3.8) is 0 Å². The maximum atomic E-state index is 4.47. The molecule has 0 saturated carbocycles. The average molecular weight is 228 g/mol. The maximum absolute atomic E-state index is 4.47. The molecule has 1 saturated heterocycles. The smallest absolute Gasteiger partial charge is 0.114 e. The maximum Gasteiger partial charge on any atom is 0.114 e. The highest BCUT2D eigenvalue weighted by atomic mass is 32.2. The molecule has 1 aliphatic rings. The zero-order valence-electron chi connectivity index (χ0n) is 8.45. The fraction of sp³-hybridized carbons (Fsp3) is 0.700. The minimum Gasteiger partial charge on any atom is -0.305 e. The number of hydrogen-bond acceptors (Lipinski definition) is 4. The molecule has 1 aromatic heterocycles. The Balaban J connectivity index is 2.14. The summed E-state index contributed by atoms with van der Waals surface area (Å²) in [5.41, 5.74) is 0.189. The van der Waals surface area contributed by atoms with Gasteiger partial charge in [0.05, 0.1) is 5.54 Å². The summed E-state index contributed by atoms with van der Waals surface area (Å²) in [6.45, 7) is 3.31. The molecule has 78 valence electrons. The van der Waals surface area contributed by atoms with Crippen LogP contribution in [0.25, 0.3) is 0 Å². The van der Waals surface area contributed by atoms with E-state index in [1.807, 2.05) is 18.0 Å². The Morgan fingerprint density at radius 1 is 1.64 bits per heavy atom. The van der Waals surface area contributed by atoms with Crippen LogP contribution in [0.2, 0.25) is 0 Å². The Morgan fingerprint density at radius 3 is 3.14 bits per heavy atom. The molecule has 1 unspecified atom stereocenters. The van der Waals surface area contributed by atoms with Crippen molar-refractivity contribution in [3.8, 4) is 0 Å². The van der Waals surface area contributed by atoms with E-state index in [1.54, 1.807) is 11.3 Å². The van der Waals surface area contributed by atoms with E-state index >= 15 is 0 Å². The van der Waals surface area contributed by atoms with Gasteiger partial charge in [-0.1, -0.05) is 6.92 Å². The van der Waals surface area contributed by atoms with Crippen LogP contribution in [0.15, 0.2) is 11.6 Å². The lowest BCUT2D eigenvalue weighted by Gasteiger charge is -2.27. The fourth-order valence-electron chi connectivity index (χ4n) is 1.77. The van der Waals surface area contributed by atoms with Crippen LogP contribution in [0.4, 0.5) is 0 Å². The van der Waals surface area contributed by atoms with E-state index < -0.39 is 0 Å². The predicted octanol–water partition coefficient (Wildman–Crippen LogP) is 2.47. The molecule has 0 aliphatic carbocycles. The highest BCUT2D eigenvalue weighted by Gasteiger charge is 2.37. The van der Waals surface area contributed by atoms with Crippen molar-refractivity contribution in [1.82, 2.24) is 10.3 Å². The molecule has 0 radical (unpaired) electrons. The third kappa shape index (κ3) is 1.97. The lowest BCUT2D eigenvalue weighted by atomic mass is 10.00. The molecule has 2 rings (SSSR count). The van der Waals surface area contributed by atoms with Crippen molar-refractivity contribution in [3.05, 3.63) is 16.6 Å². The molecular weight excluding hydrogens is 212 g/mol. The third-order valence-corrected chi connectivity index (χ3v) is 4.74. The summed E-state index contributed by atoms with van der Waals surface area (Å²) in [6, 6.07) is 0. The van der Waals surface area contributed by atoms with Gasteiger partial charge in [-0.15, -0.1) is 11.3 Å². The molecule has 1 aliphatic heterocycles. The minimum atomic E-state index is 0.189. The summed E-state index contributed by atoms with van der Waals surface area (Å²) < 4.78 is 0. The third-order valence-electron chi connectivity index (χ3n) is 2.58. The van der Waals surface area contributed by atoms with Crippen molar-refractivity contribution >= 4 is 23.1 Å². The molecule has 1 fully saturated rings. The van der Waals surface area contributed by atoms with Gasteiger partial charge in [-0.3, -0.25) is 0 Å². The van der Waals surface area contributed by atoms with E-state index in [2.05, 4.69) is 22.6 Å². The number of nitrogens with one attached hydrogen (secondary N) is 1. The second kappa shape index (κ2) is 4.64. The number of thioether (sulfide) groups is 1. The largest absolute Gasteiger partial charge is 0.305 e. The van der Waals surface area contributed by atoms with Gasteiger partial charge < -0.3 is 5.32 Å². The number of rotatable bonds is 4. The van der Waals surface area contributed by atoms with Crippen molar-refractivity contribution in [2.45, 2.75) is 25.3 Å². The van der Waals surface area contributed by atoms with Gasteiger partial charge in [0, 0.05) is 17.3 Å². The highest BCUT2D eigenvalue weighted by Crippen LogP contribution is 2.37. The molecule has 1 atom stereocenters. The molecule has 1 N–H and O–H groups in total. The topological polar surface area (TPSA) is 24.9 Å². The molecule has 2 heterocycles. The molecule has 2 nitrogen and oxygen atoms in total. The van der Waals surface area contributed by atoms with Crippen molar-refractivity contribution < 1.29 is 0 Å². The highest BCUT2D eigenvalue weighted by molar-refractivity contribution is 7.99. The number of thiazole rings is 1. The van der Waals surface area contributed by atoms with Gasteiger partial charge in [0.1, 0.15) is 5.01 Å². The van der Waals surface area contributed by atoms with Crippen LogP contribution in [0.5, 0.6) is 0 Å². The van der Waals surface area contributed by atoms with E-state index in [1.165, 1.54) is 29.4 Å². The van der Waals surface area contributed by atoms with Gasteiger partial charge in [0.25, 0.3) is 0 Å². The van der Waals surface area contributed by atoms with Gasteiger partial charge in [-0.05, 0) is 25.1 Å². The standard InChI is InChI=1S/C10H16N2S2/c1-2-4-12-10(3-6-13-8-10)9-11-5-7-14-9/h5,7,12H,2-4,6,8H2,1H3. The number of nitrogens with zero attached hydrogens (tertiary/aromatic N) is 1. The zero-order valence-corrected chi connectivity index (χ0v) is 10.1. The Hall–Kier alpha value is -0.0600. The zero-order chi connectivity index (χ0) is 9.86. The molecule has 0 bridgehead atoms. The summed E-state index contributed by atoms with van der Waals surface area (Å²) >= 11 is 3.82. The van der Waals surface area contributed by atoms with Gasteiger partial charge in [0.2, 0.25) is 0 Å². The second-order valence-corrected chi connectivity index (χ2v) is 5.65. The molecule has 1 aromatic rings. The van der Waals surface area contributed by atoms with E-state index in [-0.39, 0.29) is 5.54 Å². The first-order chi connectivity index (χ1) is 6.87. The summed E-state index contributed by atoms with van der Waals surface area (Å²) in [7, 11) is 0. The van der Waals surface area contributed by atoms with E-state index in [0.717, 1.165) is 6.54 Å². The lowest BCUT2D eigenvalue weighted by molar-refractivity contribution is 0.375. The lowest BCUT2D eigenvalue weighted by Crippen LogP contribution is -2.42. The first kappa shape index (κ1) is 10.5. The summed E-state index contributed by atoms with van der Waals surface area (Å²) in [4.78, 5) is 4.47. The van der Waals surface area contributed by atoms with Crippen molar-refractivity contribution in [1.29, 1.82) is 0 Å². The van der Waals surface area contributed by atoms with Gasteiger partial charge in [-0.25, -0.2) is 4.98 Å². The normalized spacial score (nSPS) is 26.9. The van der Waals surface area contributed by atoms with Crippen LogP contribution in [0.1, 0.15) is 24.8 Å². The Labute approximate surface area is 93.5 Å². The van der Waals surface area contributed by atoms with Crippen LogP contribution in [-0.2, 0) is 5.54 Å².